The zero-order valence-corrected chi connectivity index (χ0v) is 18.7. The average molecular weight is 445 g/mol. The molecule has 0 amide bonds. The molecule has 3 N–H and O–H groups in total. The third-order valence-electron chi connectivity index (χ3n) is 6.95. The van der Waals surface area contributed by atoms with Gasteiger partial charge in [0.25, 0.3) is 0 Å². The number of ether oxygens (including phenoxy) is 1. The van der Waals surface area contributed by atoms with E-state index in [1.54, 1.807) is 0 Å². The molecule has 2 aliphatic carbocycles. The van der Waals surface area contributed by atoms with Crippen molar-refractivity contribution >= 4 is 22.6 Å². The first-order valence-corrected chi connectivity index (χ1v) is 12.0. The van der Waals surface area contributed by atoms with Gasteiger partial charge in [0.2, 0.25) is 5.43 Å². The Morgan fingerprint density at radius 1 is 1.22 bits per heavy atom. The molecule has 2 fully saturated rings. The number of H-pyrrole nitrogens is 1. The van der Waals surface area contributed by atoms with E-state index in [2.05, 4.69) is 10.3 Å². The number of fused-ring (bicyclic) bond motifs is 1. The molecule has 0 saturated heterocycles. The van der Waals surface area contributed by atoms with E-state index in [1.807, 2.05) is 6.92 Å². The fourth-order valence-electron chi connectivity index (χ4n) is 5.30. The van der Waals surface area contributed by atoms with Crippen LogP contribution in [0.2, 0.25) is 0 Å². The summed E-state index contributed by atoms with van der Waals surface area (Å²) in [5.74, 6) is -1.43. The first-order valence-electron chi connectivity index (χ1n) is 12.0. The van der Waals surface area contributed by atoms with Crippen molar-refractivity contribution < 1.29 is 19.0 Å². The number of carbonyl (C=O) groups is 1. The molecule has 0 radical (unpaired) electrons. The highest BCUT2D eigenvalue weighted by molar-refractivity contribution is 5.88. The highest BCUT2D eigenvalue weighted by Crippen LogP contribution is 2.42. The number of carboxylic acids is 1. The number of aromatic amines is 1. The van der Waals surface area contributed by atoms with Gasteiger partial charge in [-0.1, -0.05) is 45.4 Å². The van der Waals surface area contributed by atoms with Crippen molar-refractivity contribution in [1.82, 2.24) is 4.98 Å². The van der Waals surface area contributed by atoms with Crippen molar-refractivity contribution in [1.29, 1.82) is 0 Å². The molecule has 6 nitrogen and oxygen atoms in total. The Hall–Kier alpha value is -2.57. The molecular weight excluding hydrogens is 411 g/mol. The predicted octanol–water partition coefficient (Wildman–Crippen LogP) is 5.70. The van der Waals surface area contributed by atoms with Crippen molar-refractivity contribution in [3.63, 3.8) is 0 Å². The van der Waals surface area contributed by atoms with E-state index < -0.39 is 23.3 Å². The van der Waals surface area contributed by atoms with Gasteiger partial charge < -0.3 is 20.1 Å². The third kappa shape index (κ3) is 4.62. The smallest absolute Gasteiger partial charge is 0.344 e. The van der Waals surface area contributed by atoms with Gasteiger partial charge in [0, 0.05) is 17.8 Å². The second-order valence-corrected chi connectivity index (χ2v) is 9.25. The van der Waals surface area contributed by atoms with Crippen molar-refractivity contribution in [2.45, 2.75) is 95.6 Å². The molecule has 1 aromatic carbocycles. The Labute approximate surface area is 187 Å². The largest absolute Gasteiger partial charge is 0.479 e. The van der Waals surface area contributed by atoms with Crippen LogP contribution in [-0.4, -0.2) is 28.2 Å². The summed E-state index contributed by atoms with van der Waals surface area (Å²) in [6.45, 7) is 1.86. The number of carboxylic acid groups (broad SMARTS) is 1. The van der Waals surface area contributed by atoms with Gasteiger partial charge in [0.05, 0.1) is 16.6 Å². The summed E-state index contributed by atoms with van der Waals surface area (Å²) in [5, 5.41) is 13.1. The number of halogens is 1. The van der Waals surface area contributed by atoms with Crippen LogP contribution in [0.5, 0.6) is 5.75 Å². The zero-order valence-electron chi connectivity index (χ0n) is 18.7. The molecule has 174 valence electrons. The fraction of sp³-hybridized carbons (Fsp3) is 0.600. The van der Waals surface area contributed by atoms with E-state index in [1.165, 1.54) is 18.7 Å². The number of pyridine rings is 1. The molecule has 2 aromatic rings. The van der Waals surface area contributed by atoms with E-state index in [-0.39, 0.29) is 23.1 Å². The minimum absolute atomic E-state index is 0.0805. The third-order valence-corrected chi connectivity index (χ3v) is 6.95. The van der Waals surface area contributed by atoms with E-state index in [4.69, 9.17) is 4.74 Å². The molecule has 1 heterocycles. The topological polar surface area (TPSA) is 91.4 Å². The maximum absolute atomic E-state index is 15.5. The standard InChI is InChI=1S/C25H33FN2O4/c1-2-8-19(25(30)31)32-20-14-27-22-17(24(20)29)13-18(26)23(21(22)15-9-6-7-10-15)28-16-11-4-3-5-12-16/h13-16,19,28H,2-12H2,1H3,(H,27,29)(H,30,31). The number of rotatable bonds is 8. The quantitative estimate of drug-likeness (QED) is 0.486. The van der Waals surface area contributed by atoms with Crippen LogP contribution in [0.15, 0.2) is 17.1 Å². The van der Waals surface area contributed by atoms with Crippen molar-refractivity contribution in [2.75, 3.05) is 5.32 Å². The SMILES string of the molecule is CCCC(Oc1c[nH]c2c(C3CCCC3)c(NC3CCCCC3)c(F)cc2c1=O)C(=O)O. The van der Waals surface area contributed by atoms with Crippen LogP contribution >= 0.6 is 0 Å². The van der Waals surface area contributed by atoms with Crippen molar-refractivity contribution in [2.24, 2.45) is 0 Å². The van der Waals surface area contributed by atoms with Gasteiger partial charge >= 0.3 is 5.97 Å². The maximum atomic E-state index is 15.5. The van der Waals surface area contributed by atoms with Crippen molar-refractivity contribution in [3.05, 3.63) is 33.9 Å². The van der Waals surface area contributed by atoms with Gasteiger partial charge in [0.1, 0.15) is 5.82 Å². The molecule has 1 atom stereocenters. The minimum Gasteiger partial charge on any atom is -0.479 e. The van der Waals surface area contributed by atoms with Gasteiger partial charge in [-0.25, -0.2) is 9.18 Å². The first kappa shape index (κ1) is 22.6. The van der Waals surface area contributed by atoms with Crippen LogP contribution in [0.3, 0.4) is 0 Å². The minimum atomic E-state index is -1.11. The summed E-state index contributed by atoms with van der Waals surface area (Å²) < 4.78 is 21.0. The average Bonchev–Trinajstić information content (AvgIpc) is 3.31. The molecule has 2 saturated carbocycles. The fourth-order valence-corrected chi connectivity index (χ4v) is 5.30. The van der Waals surface area contributed by atoms with Gasteiger partial charge in [-0.05, 0) is 44.1 Å². The second-order valence-electron chi connectivity index (χ2n) is 9.25. The molecule has 0 aliphatic heterocycles. The number of anilines is 1. The number of aliphatic carboxylic acids is 1. The lowest BCUT2D eigenvalue weighted by molar-refractivity contribution is -0.145. The molecule has 1 aromatic heterocycles. The monoisotopic (exact) mass is 444 g/mol. The van der Waals surface area contributed by atoms with E-state index in [9.17, 15) is 14.7 Å². The van der Waals surface area contributed by atoms with Crippen LogP contribution in [0.25, 0.3) is 10.9 Å². The Morgan fingerprint density at radius 2 is 1.91 bits per heavy atom. The van der Waals surface area contributed by atoms with Crippen molar-refractivity contribution in [3.8, 4) is 5.75 Å². The second kappa shape index (κ2) is 9.92. The highest BCUT2D eigenvalue weighted by Gasteiger charge is 2.28. The molecule has 7 heteroatoms. The molecule has 0 bridgehead atoms. The molecule has 4 rings (SSSR count). The number of nitrogens with one attached hydrogen (secondary N) is 2. The number of aromatic nitrogens is 1. The van der Waals surface area contributed by atoms with E-state index >= 15 is 4.39 Å². The first-order chi connectivity index (χ1) is 15.5. The summed E-state index contributed by atoms with van der Waals surface area (Å²) >= 11 is 0. The zero-order chi connectivity index (χ0) is 22.7. The molecule has 1 unspecified atom stereocenters. The highest BCUT2D eigenvalue weighted by atomic mass is 19.1. The lowest BCUT2D eigenvalue weighted by Gasteiger charge is -2.27. The van der Waals surface area contributed by atoms with Crippen LogP contribution in [0.4, 0.5) is 10.1 Å². The summed E-state index contributed by atoms with van der Waals surface area (Å²) in [7, 11) is 0. The summed E-state index contributed by atoms with van der Waals surface area (Å²) in [6, 6.07) is 1.52. The molecule has 2 aliphatic rings. The Morgan fingerprint density at radius 3 is 2.56 bits per heavy atom. The van der Waals surface area contributed by atoms with Crippen LogP contribution in [0.1, 0.15) is 89.0 Å². The molecular formula is C25H33FN2O4. The number of benzene rings is 1. The number of hydrogen-bond acceptors (Lipinski definition) is 4. The van der Waals surface area contributed by atoms with Crippen LogP contribution in [0, 0.1) is 5.82 Å². The lowest BCUT2D eigenvalue weighted by atomic mass is 9.90. The summed E-state index contributed by atoms with van der Waals surface area (Å²) in [5.41, 5.74) is 1.55. The summed E-state index contributed by atoms with van der Waals surface area (Å²) in [4.78, 5) is 27.8. The van der Waals surface area contributed by atoms with Gasteiger partial charge in [-0.2, -0.15) is 0 Å². The molecule has 32 heavy (non-hydrogen) atoms. The van der Waals surface area contributed by atoms with Gasteiger partial charge in [0.15, 0.2) is 11.9 Å². The van der Waals surface area contributed by atoms with E-state index in [0.29, 0.717) is 24.0 Å². The van der Waals surface area contributed by atoms with Gasteiger partial charge in [-0.15, -0.1) is 0 Å². The Bertz CT molecular complexity index is 1020. The normalized spacial score (nSPS) is 18.7. The van der Waals surface area contributed by atoms with E-state index in [0.717, 1.165) is 56.9 Å². The Kier molecular flexibility index (Phi) is 7.01. The number of hydrogen-bond donors (Lipinski definition) is 3. The molecule has 0 spiro atoms. The lowest BCUT2D eigenvalue weighted by Crippen LogP contribution is -2.29. The van der Waals surface area contributed by atoms with Crippen LogP contribution in [-0.2, 0) is 4.79 Å². The predicted molar refractivity (Wildman–Crippen MR) is 123 cm³/mol. The van der Waals surface area contributed by atoms with Crippen LogP contribution < -0.4 is 15.5 Å². The van der Waals surface area contributed by atoms with Gasteiger partial charge in [-0.3, -0.25) is 4.79 Å². The maximum Gasteiger partial charge on any atom is 0.344 e. The summed E-state index contributed by atoms with van der Waals surface area (Å²) in [6.07, 6.45) is 10.9. The Balaban J connectivity index is 1.78.